The van der Waals surface area contributed by atoms with Crippen molar-refractivity contribution >= 4 is 17.9 Å². The van der Waals surface area contributed by atoms with Gasteiger partial charge in [-0.3, -0.25) is 14.4 Å². The number of carbonyl (C=O) groups excluding carboxylic acids is 3. The molecule has 0 aliphatic heterocycles. The third-order valence-corrected chi connectivity index (χ3v) is 11.3. The molecule has 0 saturated heterocycles. The molecule has 6 nitrogen and oxygen atoms in total. The highest BCUT2D eigenvalue weighted by Gasteiger charge is 2.19. The summed E-state index contributed by atoms with van der Waals surface area (Å²) in [4.78, 5) is 37.8. The van der Waals surface area contributed by atoms with E-state index in [1.165, 1.54) is 173 Å². The largest absolute Gasteiger partial charge is 0.462 e. The van der Waals surface area contributed by atoms with Crippen molar-refractivity contribution in [3.63, 3.8) is 0 Å². The highest BCUT2D eigenvalue weighted by atomic mass is 16.6. The lowest BCUT2D eigenvalue weighted by molar-refractivity contribution is -0.167. The molecule has 0 aliphatic carbocycles. The fourth-order valence-electron chi connectivity index (χ4n) is 7.51. The third kappa shape index (κ3) is 43.5. The Bertz CT molecular complexity index is 841. The number of carbonyl (C=O) groups is 3. The van der Waals surface area contributed by atoms with Crippen LogP contribution in [0, 0.1) is 5.92 Å². The smallest absolute Gasteiger partial charge is 0.306 e. The van der Waals surface area contributed by atoms with Gasteiger partial charge in [-0.2, -0.15) is 0 Å². The van der Waals surface area contributed by atoms with E-state index in [0.29, 0.717) is 19.3 Å². The van der Waals surface area contributed by atoms with Gasteiger partial charge in [-0.05, 0) is 25.2 Å². The summed E-state index contributed by atoms with van der Waals surface area (Å²) in [7, 11) is 0. The lowest BCUT2D eigenvalue weighted by Crippen LogP contribution is -2.30. The molecular weight excluding hydrogens is 697 g/mol. The minimum absolute atomic E-state index is 0.0630. The first kappa shape index (κ1) is 54.4. The predicted octanol–water partition coefficient (Wildman–Crippen LogP) is 15.9. The molecule has 1 atom stereocenters. The summed E-state index contributed by atoms with van der Waals surface area (Å²) in [5.74, 6) is -0.0139. The molecule has 0 aliphatic rings. The predicted molar refractivity (Wildman–Crippen MR) is 238 cm³/mol. The number of unbranched alkanes of at least 4 members (excludes halogenated alkanes) is 32. The summed E-state index contributed by atoms with van der Waals surface area (Å²) in [6, 6.07) is 0. The van der Waals surface area contributed by atoms with Crippen LogP contribution in [0.4, 0.5) is 0 Å². The van der Waals surface area contributed by atoms with Crippen LogP contribution in [-0.4, -0.2) is 37.2 Å². The van der Waals surface area contributed by atoms with Crippen LogP contribution < -0.4 is 0 Å². The van der Waals surface area contributed by atoms with E-state index in [1.807, 2.05) is 0 Å². The van der Waals surface area contributed by atoms with E-state index in [9.17, 15) is 14.4 Å². The normalized spacial score (nSPS) is 11.9. The van der Waals surface area contributed by atoms with Crippen LogP contribution in [0.2, 0.25) is 0 Å². The Hall–Kier alpha value is -1.59. The maximum Gasteiger partial charge on any atom is 0.306 e. The van der Waals surface area contributed by atoms with Crippen molar-refractivity contribution in [2.24, 2.45) is 5.92 Å². The molecule has 0 aromatic heterocycles. The Morgan fingerprint density at radius 3 is 0.875 bits per heavy atom. The van der Waals surface area contributed by atoms with E-state index in [0.717, 1.165) is 63.7 Å². The number of hydrogen-bond donors (Lipinski definition) is 0. The van der Waals surface area contributed by atoms with E-state index in [2.05, 4.69) is 27.7 Å². The van der Waals surface area contributed by atoms with Gasteiger partial charge in [0, 0.05) is 19.3 Å². The maximum absolute atomic E-state index is 12.7. The van der Waals surface area contributed by atoms with Crippen LogP contribution in [0.1, 0.15) is 278 Å². The van der Waals surface area contributed by atoms with E-state index in [1.54, 1.807) is 0 Å². The van der Waals surface area contributed by atoms with Crippen molar-refractivity contribution in [1.29, 1.82) is 0 Å². The van der Waals surface area contributed by atoms with Crippen molar-refractivity contribution < 1.29 is 28.6 Å². The van der Waals surface area contributed by atoms with Gasteiger partial charge in [0.05, 0.1) is 0 Å². The number of ether oxygens (including phenoxy) is 3. The summed E-state index contributed by atoms with van der Waals surface area (Å²) < 4.78 is 16.8. The summed E-state index contributed by atoms with van der Waals surface area (Å²) in [5, 5.41) is 0. The van der Waals surface area contributed by atoms with Gasteiger partial charge in [-0.25, -0.2) is 0 Å². The molecule has 0 aromatic rings. The topological polar surface area (TPSA) is 78.9 Å². The van der Waals surface area contributed by atoms with Gasteiger partial charge in [0.1, 0.15) is 13.2 Å². The van der Waals surface area contributed by atoms with Crippen molar-refractivity contribution in [2.45, 2.75) is 284 Å². The Morgan fingerprint density at radius 1 is 0.339 bits per heavy atom. The van der Waals surface area contributed by atoms with E-state index >= 15 is 0 Å². The van der Waals surface area contributed by atoms with Crippen LogP contribution in [0.3, 0.4) is 0 Å². The molecule has 332 valence electrons. The lowest BCUT2D eigenvalue weighted by atomic mass is 10.0. The summed E-state index contributed by atoms with van der Waals surface area (Å²) in [6.45, 7) is 9.01. The van der Waals surface area contributed by atoms with Crippen molar-refractivity contribution in [1.82, 2.24) is 0 Å². The second-order valence-electron chi connectivity index (χ2n) is 17.6. The van der Waals surface area contributed by atoms with Crippen LogP contribution >= 0.6 is 0 Å². The Labute approximate surface area is 348 Å². The zero-order valence-electron chi connectivity index (χ0n) is 38.1. The van der Waals surface area contributed by atoms with Crippen molar-refractivity contribution in [3.8, 4) is 0 Å². The van der Waals surface area contributed by atoms with Gasteiger partial charge in [0.2, 0.25) is 0 Å². The molecule has 0 aromatic carbocycles. The second-order valence-corrected chi connectivity index (χ2v) is 17.6. The summed E-state index contributed by atoms with van der Waals surface area (Å²) in [6.07, 6.45) is 45.1. The van der Waals surface area contributed by atoms with E-state index in [4.69, 9.17) is 14.2 Å². The summed E-state index contributed by atoms with van der Waals surface area (Å²) in [5.41, 5.74) is 0. The molecule has 0 heterocycles. The molecule has 0 bridgehead atoms. The number of rotatable bonds is 45. The quantitative estimate of drug-likeness (QED) is 0.0347. The maximum atomic E-state index is 12.7. The van der Waals surface area contributed by atoms with Gasteiger partial charge in [0.15, 0.2) is 6.10 Å². The SMILES string of the molecule is CCCCCCCCCCCCCCC(=O)OC[C@@H](COC(=O)CCCCCCCCCCCCCCC(C)C)OC(=O)CCCCCCCCCCCCC. The van der Waals surface area contributed by atoms with E-state index < -0.39 is 6.10 Å². The van der Waals surface area contributed by atoms with Crippen LogP contribution in [0.15, 0.2) is 0 Å². The third-order valence-electron chi connectivity index (χ3n) is 11.3. The molecule has 0 spiro atoms. The Morgan fingerprint density at radius 2 is 0.589 bits per heavy atom. The van der Waals surface area contributed by atoms with Crippen molar-refractivity contribution in [2.75, 3.05) is 13.2 Å². The fraction of sp³-hybridized carbons (Fsp3) is 0.940. The highest BCUT2D eigenvalue weighted by molar-refractivity contribution is 5.71. The molecule has 0 rings (SSSR count). The fourth-order valence-corrected chi connectivity index (χ4v) is 7.51. The first-order valence-corrected chi connectivity index (χ1v) is 24.9. The van der Waals surface area contributed by atoms with Crippen LogP contribution in [0.5, 0.6) is 0 Å². The summed E-state index contributed by atoms with van der Waals surface area (Å²) >= 11 is 0. The van der Waals surface area contributed by atoms with Gasteiger partial charge < -0.3 is 14.2 Å². The first-order chi connectivity index (χ1) is 27.4. The molecule has 0 saturated carbocycles. The molecule has 0 fully saturated rings. The van der Waals surface area contributed by atoms with Gasteiger partial charge >= 0.3 is 17.9 Å². The average Bonchev–Trinajstić information content (AvgIpc) is 3.18. The highest BCUT2D eigenvalue weighted by Crippen LogP contribution is 2.17. The van der Waals surface area contributed by atoms with Gasteiger partial charge in [0.25, 0.3) is 0 Å². The molecule has 56 heavy (non-hydrogen) atoms. The molecule has 0 amide bonds. The molecule has 6 heteroatoms. The second kappa shape index (κ2) is 44.5. The Balaban J connectivity index is 4.29. The first-order valence-electron chi connectivity index (χ1n) is 24.9. The minimum atomic E-state index is -0.759. The molecular formula is C50H96O6. The van der Waals surface area contributed by atoms with E-state index in [-0.39, 0.29) is 31.1 Å². The Kier molecular flexibility index (Phi) is 43.2. The van der Waals surface area contributed by atoms with Crippen LogP contribution in [0.25, 0.3) is 0 Å². The molecule has 0 radical (unpaired) electrons. The monoisotopic (exact) mass is 793 g/mol. The number of esters is 3. The molecule has 0 unspecified atom stereocenters. The van der Waals surface area contributed by atoms with Crippen LogP contribution in [-0.2, 0) is 28.6 Å². The van der Waals surface area contributed by atoms with Gasteiger partial charge in [-0.1, -0.05) is 240 Å². The van der Waals surface area contributed by atoms with Gasteiger partial charge in [-0.15, -0.1) is 0 Å². The number of hydrogen-bond acceptors (Lipinski definition) is 6. The average molecular weight is 793 g/mol. The standard InChI is InChI=1S/C50H96O6/c1-5-7-9-11-13-15-17-22-25-29-33-37-41-48(51)54-44-47(56-50(53)43-39-35-31-27-20-16-14-12-10-8-6-2)45-55-49(52)42-38-34-30-26-23-19-18-21-24-28-32-36-40-46(3)4/h46-47H,5-45H2,1-4H3/t47-/m0/s1. The lowest BCUT2D eigenvalue weighted by Gasteiger charge is -2.18. The molecule has 0 N–H and O–H groups in total. The van der Waals surface area contributed by atoms with Crippen molar-refractivity contribution in [3.05, 3.63) is 0 Å². The zero-order chi connectivity index (χ0) is 41.0. The minimum Gasteiger partial charge on any atom is -0.462 e. The zero-order valence-corrected chi connectivity index (χ0v) is 38.1.